The van der Waals surface area contributed by atoms with Crippen LogP contribution in [-0.4, -0.2) is 21.5 Å². The molecule has 1 atom stereocenters. The summed E-state index contributed by atoms with van der Waals surface area (Å²) in [6, 6.07) is -0.0610. The number of alkyl halides is 2. The first-order valence-electron chi connectivity index (χ1n) is 7.15. The van der Waals surface area contributed by atoms with E-state index in [1.807, 2.05) is 6.20 Å². The van der Waals surface area contributed by atoms with Crippen molar-refractivity contribution in [2.75, 3.05) is 0 Å². The van der Waals surface area contributed by atoms with Gasteiger partial charge in [0.15, 0.2) is 0 Å². The largest absolute Gasteiger partial charge is 0.335 e. The smallest absolute Gasteiger partial charge is 0.248 e. The summed E-state index contributed by atoms with van der Waals surface area (Å²) in [5.41, 5.74) is 6.20. The van der Waals surface area contributed by atoms with Crippen molar-refractivity contribution >= 4 is 0 Å². The summed E-state index contributed by atoms with van der Waals surface area (Å²) >= 11 is 0. The van der Waals surface area contributed by atoms with Crippen molar-refractivity contribution in [3.05, 3.63) is 18.2 Å². The fraction of sp³-hybridized carbons (Fsp3) is 0.786. The second kappa shape index (κ2) is 5.99. The quantitative estimate of drug-likeness (QED) is 0.894. The third-order valence-electron chi connectivity index (χ3n) is 4.05. The van der Waals surface area contributed by atoms with Crippen LogP contribution in [0.25, 0.3) is 0 Å². The molecule has 2 rings (SSSR count). The maximum atomic E-state index is 13.1. The first-order chi connectivity index (χ1) is 9.02. The van der Waals surface area contributed by atoms with E-state index in [1.165, 1.54) is 0 Å². The lowest BCUT2D eigenvalue weighted by molar-refractivity contribution is -0.0482. The van der Waals surface area contributed by atoms with Gasteiger partial charge in [0.25, 0.3) is 0 Å². The highest BCUT2D eigenvalue weighted by Crippen LogP contribution is 2.37. The van der Waals surface area contributed by atoms with E-state index in [-0.39, 0.29) is 24.8 Å². The van der Waals surface area contributed by atoms with Gasteiger partial charge in [-0.2, -0.15) is 0 Å². The van der Waals surface area contributed by atoms with Crippen LogP contribution in [0, 0.1) is 5.92 Å². The van der Waals surface area contributed by atoms with E-state index in [2.05, 4.69) is 16.5 Å². The molecule has 1 aromatic heterocycles. The van der Waals surface area contributed by atoms with Gasteiger partial charge in [-0.05, 0) is 25.2 Å². The van der Waals surface area contributed by atoms with Crippen LogP contribution in [-0.2, 0) is 13.0 Å². The van der Waals surface area contributed by atoms with Crippen molar-refractivity contribution < 1.29 is 8.78 Å². The number of hydrogen-bond donors (Lipinski definition) is 1. The van der Waals surface area contributed by atoms with Crippen LogP contribution in [0.1, 0.15) is 44.9 Å². The summed E-state index contributed by atoms with van der Waals surface area (Å²) in [6.07, 6.45) is 6.50. The van der Waals surface area contributed by atoms with Crippen LogP contribution in [0.15, 0.2) is 12.4 Å². The van der Waals surface area contributed by atoms with Gasteiger partial charge in [-0.1, -0.05) is 6.92 Å². The van der Waals surface area contributed by atoms with Crippen LogP contribution in [0.4, 0.5) is 8.78 Å². The third-order valence-corrected chi connectivity index (χ3v) is 4.05. The molecule has 0 spiro atoms. The molecule has 1 unspecified atom stereocenters. The van der Waals surface area contributed by atoms with E-state index in [1.54, 1.807) is 6.20 Å². The molecule has 0 aromatic carbocycles. The van der Waals surface area contributed by atoms with E-state index in [9.17, 15) is 8.78 Å². The molecule has 1 aliphatic carbocycles. The van der Waals surface area contributed by atoms with Crippen LogP contribution in [0.5, 0.6) is 0 Å². The average Bonchev–Trinajstić information content (AvgIpc) is 2.77. The van der Waals surface area contributed by atoms with Gasteiger partial charge in [-0.3, -0.25) is 0 Å². The summed E-state index contributed by atoms with van der Waals surface area (Å²) in [5.74, 6) is -1.30. The number of rotatable bonds is 5. The van der Waals surface area contributed by atoms with Crippen molar-refractivity contribution in [2.24, 2.45) is 11.7 Å². The predicted molar refractivity (Wildman–Crippen MR) is 71.1 cm³/mol. The second-order valence-corrected chi connectivity index (χ2v) is 5.60. The third kappa shape index (κ3) is 3.75. The number of nitrogens with zero attached hydrogens (tertiary/aromatic N) is 2. The number of aromatic nitrogens is 2. The fourth-order valence-corrected chi connectivity index (χ4v) is 2.84. The number of imidazole rings is 1. The highest BCUT2D eigenvalue weighted by Gasteiger charge is 2.36. The Kier molecular flexibility index (Phi) is 4.55. The molecule has 108 valence electrons. The van der Waals surface area contributed by atoms with Crippen LogP contribution >= 0.6 is 0 Å². The van der Waals surface area contributed by atoms with E-state index in [0.29, 0.717) is 19.3 Å². The Hall–Kier alpha value is -0.970. The minimum absolute atomic E-state index is 0.0191. The Labute approximate surface area is 113 Å². The van der Waals surface area contributed by atoms with Crippen molar-refractivity contribution in [1.82, 2.24) is 9.55 Å². The van der Waals surface area contributed by atoms with Gasteiger partial charge >= 0.3 is 0 Å². The minimum Gasteiger partial charge on any atom is -0.335 e. The predicted octanol–water partition coefficient (Wildman–Crippen LogP) is 2.99. The molecule has 1 aliphatic rings. The molecule has 1 saturated carbocycles. The van der Waals surface area contributed by atoms with E-state index in [4.69, 9.17) is 5.73 Å². The summed E-state index contributed by atoms with van der Waals surface area (Å²) < 4.78 is 28.4. The summed E-state index contributed by atoms with van der Waals surface area (Å²) in [4.78, 5) is 4.33. The lowest BCUT2D eigenvalue weighted by Gasteiger charge is -2.31. The summed E-state index contributed by atoms with van der Waals surface area (Å²) in [7, 11) is 0. The first-order valence-corrected chi connectivity index (χ1v) is 7.15. The molecule has 0 amide bonds. The standard InChI is InChI=1S/C14H23F2N3/c1-2-8-19-9-7-18-13(19)10-12(17)11-3-5-14(15,16)6-4-11/h7,9,11-12H,2-6,8,10,17H2,1H3. The Morgan fingerprint density at radius 2 is 2.16 bits per heavy atom. The normalized spacial score (nSPS) is 21.5. The maximum absolute atomic E-state index is 13.1. The molecular formula is C14H23F2N3. The lowest BCUT2D eigenvalue weighted by Crippen LogP contribution is -2.38. The SMILES string of the molecule is CCCn1ccnc1CC(N)C1CCC(F)(F)CC1. The van der Waals surface area contributed by atoms with Gasteiger partial charge in [-0.15, -0.1) is 0 Å². The molecule has 5 heteroatoms. The van der Waals surface area contributed by atoms with E-state index >= 15 is 0 Å². The monoisotopic (exact) mass is 271 g/mol. The van der Waals surface area contributed by atoms with Crippen molar-refractivity contribution in [1.29, 1.82) is 0 Å². The molecule has 1 fully saturated rings. The van der Waals surface area contributed by atoms with Crippen LogP contribution in [0.3, 0.4) is 0 Å². The van der Waals surface area contributed by atoms with Gasteiger partial charge in [0.2, 0.25) is 5.92 Å². The molecule has 19 heavy (non-hydrogen) atoms. The number of hydrogen-bond acceptors (Lipinski definition) is 2. The van der Waals surface area contributed by atoms with Crippen molar-refractivity contribution in [3.8, 4) is 0 Å². The number of halogens is 2. The minimum atomic E-state index is -2.48. The Bertz CT molecular complexity index is 393. The molecule has 1 aromatic rings. The Morgan fingerprint density at radius 3 is 2.79 bits per heavy atom. The van der Waals surface area contributed by atoms with Gasteiger partial charge < -0.3 is 10.3 Å². The zero-order chi connectivity index (χ0) is 13.9. The molecular weight excluding hydrogens is 248 g/mol. The zero-order valence-electron chi connectivity index (χ0n) is 11.5. The second-order valence-electron chi connectivity index (χ2n) is 5.60. The average molecular weight is 271 g/mol. The lowest BCUT2D eigenvalue weighted by atomic mass is 9.81. The highest BCUT2D eigenvalue weighted by atomic mass is 19.3. The highest BCUT2D eigenvalue weighted by molar-refractivity contribution is 4.97. The van der Waals surface area contributed by atoms with Crippen molar-refractivity contribution in [2.45, 2.75) is 64.0 Å². The van der Waals surface area contributed by atoms with E-state index in [0.717, 1.165) is 18.8 Å². The zero-order valence-corrected chi connectivity index (χ0v) is 11.5. The van der Waals surface area contributed by atoms with Crippen LogP contribution in [0.2, 0.25) is 0 Å². The molecule has 0 radical (unpaired) electrons. The van der Waals surface area contributed by atoms with Gasteiger partial charge in [0, 0.05) is 44.2 Å². The summed E-state index contributed by atoms with van der Waals surface area (Å²) in [6.45, 7) is 3.05. The fourth-order valence-electron chi connectivity index (χ4n) is 2.84. The molecule has 3 nitrogen and oxygen atoms in total. The number of nitrogens with two attached hydrogens (primary N) is 1. The van der Waals surface area contributed by atoms with Gasteiger partial charge in [-0.25, -0.2) is 13.8 Å². The number of aryl methyl sites for hydroxylation is 1. The molecule has 2 N–H and O–H groups in total. The topological polar surface area (TPSA) is 43.8 Å². The molecule has 0 aliphatic heterocycles. The summed E-state index contributed by atoms with van der Waals surface area (Å²) in [5, 5.41) is 0. The van der Waals surface area contributed by atoms with Crippen molar-refractivity contribution in [3.63, 3.8) is 0 Å². The van der Waals surface area contributed by atoms with Crippen LogP contribution < -0.4 is 5.73 Å². The van der Waals surface area contributed by atoms with Gasteiger partial charge in [0.05, 0.1) is 0 Å². The molecule has 0 bridgehead atoms. The Morgan fingerprint density at radius 1 is 1.47 bits per heavy atom. The van der Waals surface area contributed by atoms with Gasteiger partial charge in [0.1, 0.15) is 5.82 Å². The Balaban J connectivity index is 1.90. The maximum Gasteiger partial charge on any atom is 0.248 e. The van der Waals surface area contributed by atoms with E-state index < -0.39 is 5.92 Å². The molecule has 0 saturated heterocycles. The molecule has 1 heterocycles. The first kappa shape index (κ1) is 14.4.